The molecule has 0 bridgehead atoms. The van der Waals surface area contributed by atoms with Crippen molar-refractivity contribution in [1.29, 1.82) is 5.26 Å². The molecule has 1 aliphatic heterocycles. The zero-order valence-electron chi connectivity index (χ0n) is 19.6. The standard InChI is InChI=1S/C25H25F2IN6O/c1-4-34-25(35)22-24(30-12-21(32-34)14(2)3)33(13-16-5-7-18(26)10-20(16)28)23(31-22)15-6-8-19(27)17(9-15)11-29/h5-10,14,21,30,32H,4,12-13H2,1-3H3/t21-/m0/s1. The number of carbonyl (C=O) groups excluding carboxylic acids is 1. The predicted octanol–water partition coefficient (Wildman–Crippen LogP) is 4.77. The number of rotatable bonds is 5. The summed E-state index contributed by atoms with van der Waals surface area (Å²) in [7, 11) is 0. The number of amides is 1. The lowest BCUT2D eigenvalue weighted by atomic mass is 10.0. The molecule has 7 nitrogen and oxygen atoms in total. The summed E-state index contributed by atoms with van der Waals surface area (Å²) in [5.74, 6) is -0.0812. The second-order valence-electron chi connectivity index (χ2n) is 8.67. The van der Waals surface area contributed by atoms with Gasteiger partial charge >= 0.3 is 0 Å². The molecule has 0 spiro atoms. The third-order valence-corrected chi connectivity index (χ3v) is 7.04. The topological polar surface area (TPSA) is 86.0 Å². The Morgan fingerprint density at radius 3 is 2.69 bits per heavy atom. The first-order valence-corrected chi connectivity index (χ1v) is 12.4. The Morgan fingerprint density at radius 2 is 2.03 bits per heavy atom. The third-order valence-electron chi connectivity index (χ3n) is 6.04. The molecule has 10 heteroatoms. The van der Waals surface area contributed by atoms with Crippen molar-refractivity contribution in [3.8, 4) is 17.5 Å². The van der Waals surface area contributed by atoms with Gasteiger partial charge < -0.3 is 9.88 Å². The number of nitrogens with one attached hydrogen (secondary N) is 2. The molecule has 0 radical (unpaired) electrons. The third kappa shape index (κ3) is 5.01. The maximum absolute atomic E-state index is 14.1. The normalized spacial score (nSPS) is 15.9. The highest BCUT2D eigenvalue weighted by Gasteiger charge is 2.31. The van der Waals surface area contributed by atoms with Gasteiger partial charge in [-0.2, -0.15) is 5.26 Å². The Labute approximate surface area is 216 Å². The van der Waals surface area contributed by atoms with E-state index in [1.54, 1.807) is 11.1 Å². The van der Waals surface area contributed by atoms with Gasteiger partial charge in [-0.3, -0.25) is 9.80 Å². The van der Waals surface area contributed by atoms with Crippen LogP contribution in [-0.4, -0.2) is 39.6 Å². The van der Waals surface area contributed by atoms with Crippen LogP contribution in [0.1, 0.15) is 42.4 Å². The fourth-order valence-corrected chi connectivity index (χ4v) is 4.63. The van der Waals surface area contributed by atoms with Crippen LogP contribution in [0, 0.1) is 32.5 Å². The first-order chi connectivity index (χ1) is 16.7. The van der Waals surface area contributed by atoms with E-state index < -0.39 is 5.82 Å². The molecule has 182 valence electrons. The van der Waals surface area contributed by atoms with Gasteiger partial charge in [0.2, 0.25) is 0 Å². The molecule has 1 atom stereocenters. The van der Waals surface area contributed by atoms with Crippen molar-refractivity contribution in [3.05, 3.63) is 68.4 Å². The highest BCUT2D eigenvalue weighted by Crippen LogP contribution is 2.31. The summed E-state index contributed by atoms with van der Waals surface area (Å²) in [6.07, 6.45) is 0. The Balaban J connectivity index is 1.92. The largest absolute Gasteiger partial charge is 0.368 e. The molecule has 3 aromatic rings. The summed E-state index contributed by atoms with van der Waals surface area (Å²) in [5.41, 5.74) is 4.73. The molecular formula is C25H25F2IN6O. The van der Waals surface area contributed by atoms with E-state index in [-0.39, 0.29) is 34.9 Å². The van der Waals surface area contributed by atoms with E-state index in [0.29, 0.717) is 36.8 Å². The SMILES string of the molecule is CCN1N[C@H](C(C)C)CNc2c(nc(-c3ccc(F)c(C#N)c3)n2Cc2ccc(F)cc2I)C1=O. The lowest BCUT2D eigenvalue weighted by Gasteiger charge is -2.33. The van der Waals surface area contributed by atoms with Gasteiger partial charge in [0, 0.05) is 28.3 Å². The summed E-state index contributed by atoms with van der Waals surface area (Å²) >= 11 is 2.08. The van der Waals surface area contributed by atoms with Crippen LogP contribution in [0.4, 0.5) is 14.6 Å². The molecule has 0 aliphatic carbocycles. The first-order valence-electron chi connectivity index (χ1n) is 11.3. The number of carbonyl (C=O) groups is 1. The molecule has 0 fully saturated rings. The number of aromatic nitrogens is 2. The molecule has 4 rings (SSSR count). The van der Waals surface area contributed by atoms with Gasteiger partial charge in [-0.05, 0) is 71.3 Å². The number of fused-ring (bicyclic) bond motifs is 1. The number of hydrogen-bond donors (Lipinski definition) is 2. The first kappa shape index (κ1) is 25.1. The maximum atomic E-state index is 14.1. The Bertz CT molecular complexity index is 1320. The smallest absolute Gasteiger partial charge is 0.290 e. The summed E-state index contributed by atoms with van der Waals surface area (Å²) in [6, 6.07) is 10.6. The zero-order chi connectivity index (χ0) is 25.3. The van der Waals surface area contributed by atoms with E-state index in [1.165, 1.54) is 30.3 Å². The number of benzene rings is 2. The van der Waals surface area contributed by atoms with Crippen molar-refractivity contribution < 1.29 is 13.6 Å². The lowest BCUT2D eigenvalue weighted by Crippen LogP contribution is -2.54. The number of halogens is 3. The minimum absolute atomic E-state index is 0.0131. The number of imidazole rings is 1. The minimum atomic E-state index is -0.629. The molecule has 1 amide bonds. The number of nitriles is 1. The second kappa shape index (κ2) is 10.3. The predicted molar refractivity (Wildman–Crippen MR) is 138 cm³/mol. The van der Waals surface area contributed by atoms with Crippen molar-refractivity contribution in [1.82, 2.24) is 20.0 Å². The molecular weight excluding hydrogens is 565 g/mol. The van der Waals surface area contributed by atoms with Crippen molar-refractivity contribution >= 4 is 34.3 Å². The van der Waals surface area contributed by atoms with Gasteiger partial charge in [-0.1, -0.05) is 19.9 Å². The molecule has 1 aromatic heterocycles. The number of hydrogen-bond acceptors (Lipinski definition) is 5. The fourth-order valence-electron chi connectivity index (χ4n) is 3.98. The van der Waals surface area contributed by atoms with E-state index >= 15 is 0 Å². The fraction of sp³-hybridized carbons (Fsp3) is 0.320. The zero-order valence-corrected chi connectivity index (χ0v) is 21.7. The van der Waals surface area contributed by atoms with Gasteiger partial charge in [0.25, 0.3) is 5.91 Å². The number of hydrazine groups is 1. The van der Waals surface area contributed by atoms with Crippen LogP contribution in [-0.2, 0) is 6.54 Å². The average Bonchev–Trinajstić information content (AvgIpc) is 3.17. The average molecular weight is 590 g/mol. The van der Waals surface area contributed by atoms with Crippen LogP contribution >= 0.6 is 22.6 Å². The molecule has 2 N–H and O–H groups in total. The monoisotopic (exact) mass is 590 g/mol. The van der Waals surface area contributed by atoms with Crippen molar-refractivity contribution in [3.63, 3.8) is 0 Å². The summed E-state index contributed by atoms with van der Waals surface area (Å²) in [6.45, 7) is 7.30. The Kier molecular flexibility index (Phi) is 7.37. The van der Waals surface area contributed by atoms with Crippen LogP contribution in [0.25, 0.3) is 11.4 Å². The maximum Gasteiger partial charge on any atom is 0.290 e. The van der Waals surface area contributed by atoms with E-state index in [1.807, 2.05) is 17.6 Å². The molecule has 0 saturated carbocycles. The quantitative estimate of drug-likeness (QED) is 0.419. The second-order valence-corrected chi connectivity index (χ2v) is 9.83. The van der Waals surface area contributed by atoms with Crippen LogP contribution < -0.4 is 10.7 Å². The van der Waals surface area contributed by atoms with Gasteiger partial charge in [0.05, 0.1) is 12.1 Å². The van der Waals surface area contributed by atoms with Crippen LogP contribution in [0.15, 0.2) is 36.4 Å². The van der Waals surface area contributed by atoms with Crippen molar-refractivity contribution in [2.75, 3.05) is 18.4 Å². The van der Waals surface area contributed by atoms with Gasteiger partial charge in [0.1, 0.15) is 29.3 Å². The van der Waals surface area contributed by atoms with Gasteiger partial charge in [-0.15, -0.1) is 0 Å². The molecule has 0 saturated heterocycles. The number of nitrogens with zero attached hydrogens (tertiary/aromatic N) is 4. The minimum Gasteiger partial charge on any atom is -0.368 e. The van der Waals surface area contributed by atoms with Crippen molar-refractivity contribution in [2.45, 2.75) is 33.4 Å². The van der Waals surface area contributed by atoms with E-state index in [9.17, 15) is 18.8 Å². The Morgan fingerprint density at radius 1 is 1.26 bits per heavy atom. The molecule has 2 aromatic carbocycles. The van der Waals surface area contributed by atoms with Crippen molar-refractivity contribution in [2.24, 2.45) is 5.92 Å². The molecule has 1 aliphatic rings. The van der Waals surface area contributed by atoms with Gasteiger partial charge in [0.15, 0.2) is 5.69 Å². The highest BCUT2D eigenvalue weighted by molar-refractivity contribution is 14.1. The van der Waals surface area contributed by atoms with Gasteiger partial charge in [-0.25, -0.2) is 19.2 Å². The van der Waals surface area contributed by atoms with Crippen LogP contribution in [0.2, 0.25) is 0 Å². The molecule has 0 unspecified atom stereocenters. The van der Waals surface area contributed by atoms with E-state index in [0.717, 1.165) is 9.13 Å². The highest BCUT2D eigenvalue weighted by atomic mass is 127. The molecule has 35 heavy (non-hydrogen) atoms. The summed E-state index contributed by atoms with van der Waals surface area (Å²) < 4.78 is 30.4. The summed E-state index contributed by atoms with van der Waals surface area (Å²) in [4.78, 5) is 18.2. The summed E-state index contributed by atoms with van der Waals surface area (Å²) in [5, 5.41) is 14.3. The van der Waals surface area contributed by atoms with Crippen LogP contribution in [0.3, 0.4) is 0 Å². The van der Waals surface area contributed by atoms with Crippen LogP contribution in [0.5, 0.6) is 0 Å². The lowest BCUT2D eigenvalue weighted by molar-refractivity contribution is 0.0603. The number of anilines is 1. The van der Waals surface area contributed by atoms with E-state index in [4.69, 9.17) is 0 Å². The van der Waals surface area contributed by atoms with E-state index in [2.05, 4.69) is 52.2 Å². The Hall–Kier alpha value is -3.04. The molecule has 2 heterocycles.